The molecule has 0 spiro atoms. The lowest BCUT2D eigenvalue weighted by molar-refractivity contribution is 0.303. The summed E-state index contributed by atoms with van der Waals surface area (Å²) < 4.78 is 26.9. The second-order valence-electron chi connectivity index (χ2n) is 5.10. The summed E-state index contributed by atoms with van der Waals surface area (Å²) in [6, 6.07) is 7.10. The summed E-state index contributed by atoms with van der Waals surface area (Å²) in [6.07, 6.45) is 0.849. The fourth-order valence-corrected chi connectivity index (χ4v) is 4.27. The highest BCUT2D eigenvalue weighted by Gasteiger charge is 2.26. The molecule has 0 amide bonds. The highest BCUT2D eigenvalue weighted by molar-refractivity contribution is 7.89. The van der Waals surface area contributed by atoms with E-state index in [1.54, 1.807) is 22.5 Å². The maximum absolute atomic E-state index is 12.6. The smallest absolute Gasteiger partial charge is 0.243 e. The third kappa shape index (κ3) is 3.73. The third-order valence-corrected chi connectivity index (χ3v) is 5.64. The number of rotatable bonds is 4. The molecule has 0 N–H and O–H groups in total. The van der Waals surface area contributed by atoms with Crippen LogP contribution in [0.1, 0.15) is 12.0 Å². The van der Waals surface area contributed by atoms with Gasteiger partial charge in [0, 0.05) is 32.1 Å². The standard InChI is InChI=1S/C14H21ClN2O2S/c1-13-4-2-5-14(12-13)20(18,19)17-8-3-7-16(9-6-15)10-11-17/h2,4-5,12H,3,6-11H2,1H3. The van der Waals surface area contributed by atoms with Crippen molar-refractivity contribution in [3.05, 3.63) is 29.8 Å². The van der Waals surface area contributed by atoms with Crippen LogP contribution in [-0.4, -0.2) is 56.2 Å². The van der Waals surface area contributed by atoms with Gasteiger partial charge in [-0.3, -0.25) is 0 Å². The minimum absolute atomic E-state index is 0.392. The van der Waals surface area contributed by atoms with E-state index in [0.717, 1.165) is 31.6 Å². The number of nitrogens with zero attached hydrogens (tertiary/aromatic N) is 2. The molecule has 0 saturated carbocycles. The van der Waals surface area contributed by atoms with Crippen molar-refractivity contribution in [2.24, 2.45) is 0 Å². The second kappa shape index (κ2) is 6.89. The number of benzene rings is 1. The molecule has 1 saturated heterocycles. The molecule has 0 aliphatic carbocycles. The van der Waals surface area contributed by atoms with Gasteiger partial charge in [-0.2, -0.15) is 4.31 Å². The number of hydrogen-bond donors (Lipinski definition) is 0. The first-order valence-electron chi connectivity index (χ1n) is 6.89. The van der Waals surface area contributed by atoms with Gasteiger partial charge in [0.1, 0.15) is 0 Å². The molecule has 1 aliphatic rings. The van der Waals surface area contributed by atoms with Crippen molar-refractivity contribution in [2.45, 2.75) is 18.2 Å². The van der Waals surface area contributed by atoms with E-state index in [1.807, 2.05) is 13.0 Å². The Hall–Kier alpha value is -0.620. The molecule has 0 unspecified atom stereocenters. The molecule has 1 aromatic carbocycles. The van der Waals surface area contributed by atoms with Gasteiger partial charge >= 0.3 is 0 Å². The molecule has 20 heavy (non-hydrogen) atoms. The molecule has 1 heterocycles. The van der Waals surface area contributed by atoms with Crippen LogP contribution < -0.4 is 0 Å². The van der Waals surface area contributed by atoms with Crippen molar-refractivity contribution in [1.82, 2.24) is 9.21 Å². The number of hydrogen-bond acceptors (Lipinski definition) is 3. The molecular formula is C14H21ClN2O2S. The van der Waals surface area contributed by atoms with Crippen LogP contribution in [0, 0.1) is 6.92 Å². The molecule has 1 fully saturated rings. The number of sulfonamides is 1. The van der Waals surface area contributed by atoms with Crippen LogP contribution in [0.3, 0.4) is 0 Å². The predicted octanol–water partition coefficient (Wildman–Crippen LogP) is 1.93. The lowest BCUT2D eigenvalue weighted by atomic mass is 10.2. The topological polar surface area (TPSA) is 40.6 Å². The summed E-state index contributed by atoms with van der Waals surface area (Å²) in [4.78, 5) is 2.61. The van der Waals surface area contributed by atoms with Gasteiger partial charge in [-0.05, 0) is 37.6 Å². The normalized spacial score (nSPS) is 18.9. The second-order valence-corrected chi connectivity index (χ2v) is 7.42. The van der Waals surface area contributed by atoms with E-state index < -0.39 is 10.0 Å². The van der Waals surface area contributed by atoms with Gasteiger partial charge in [-0.1, -0.05) is 12.1 Å². The zero-order valence-electron chi connectivity index (χ0n) is 11.8. The van der Waals surface area contributed by atoms with Gasteiger partial charge < -0.3 is 4.90 Å². The van der Waals surface area contributed by atoms with Crippen molar-refractivity contribution in [1.29, 1.82) is 0 Å². The summed E-state index contributed by atoms with van der Waals surface area (Å²) in [6.45, 7) is 5.50. The molecule has 0 radical (unpaired) electrons. The van der Waals surface area contributed by atoms with Gasteiger partial charge in [-0.15, -0.1) is 11.6 Å². The van der Waals surface area contributed by atoms with E-state index in [1.165, 1.54) is 0 Å². The zero-order chi connectivity index (χ0) is 14.6. The summed E-state index contributed by atoms with van der Waals surface area (Å²) in [5, 5.41) is 0. The lowest BCUT2D eigenvalue weighted by Crippen LogP contribution is -2.35. The van der Waals surface area contributed by atoms with Crippen molar-refractivity contribution >= 4 is 21.6 Å². The molecule has 1 aliphatic heterocycles. The largest absolute Gasteiger partial charge is 0.301 e. The first-order chi connectivity index (χ1) is 9.54. The number of aryl methyl sites for hydroxylation is 1. The number of halogens is 1. The summed E-state index contributed by atoms with van der Waals surface area (Å²) in [5.74, 6) is 0.588. The Balaban J connectivity index is 2.14. The molecule has 4 nitrogen and oxygen atoms in total. The Labute approximate surface area is 126 Å². The predicted molar refractivity (Wildman–Crippen MR) is 81.7 cm³/mol. The molecule has 2 rings (SSSR count). The molecule has 112 valence electrons. The van der Waals surface area contributed by atoms with Crippen molar-refractivity contribution in [2.75, 3.05) is 38.6 Å². The van der Waals surface area contributed by atoms with Crippen molar-refractivity contribution in [3.63, 3.8) is 0 Å². The average molecular weight is 317 g/mol. The van der Waals surface area contributed by atoms with Gasteiger partial charge in [-0.25, -0.2) is 8.42 Å². The molecule has 6 heteroatoms. The molecule has 1 aromatic rings. The minimum Gasteiger partial charge on any atom is -0.301 e. The maximum Gasteiger partial charge on any atom is 0.243 e. The van der Waals surface area contributed by atoms with Crippen LogP contribution in [0.5, 0.6) is 0 Å². The van der Waals surface area contributed by atoms with Gasteiger partial charge in [0.15, 0.2) is 0 Å². The van der Waals surface area contributed by atoms with Crippen molar-refractivity contribution < 1.29 is 8.42 Å². The first kappa shape index (κ1) is 15.8. The van der Waals surface area contributed by atoms with E-state index >= 15 is 0 Å². The minimum atomic E-state index is -3.37. The summed E-state index contributed by atoms with van der Waals surface area (Å²) >= 11 is 5.75. The molecule has 0 aromatic heterocycles. The van der Waals surface area contributed by atoms with Crippen LogP contribution in [0.4, 0.5) is 0 Å². The highest BCUT2D eigenvalue weighted by Crippen LogP contribution is 2.18. The lowest BCUT2D eigenvalue weighted by Gasteiger charge is -2.21. The molecule has 0 bridgehead atoms. The van der Waals surface area contributed by atoms with Crippen molar-refractivity contribution in [3.8, 4) is 0 Å². The Bertz CT molecular complexity index is 548. The zero-order valence-corrected chi connectivity index (χ0v) is 13.3. The van der Waals surface area contributed by atoms with Crippen LogP contribution in [0.25, 0.3) is 0 Å². The highest BCUT2D eigenvalue weighted by atomic mass is 35.5. The fourth-order valence-electron chi connectivity index (χ4n) is 2.46. The van der Waals surface area contributed by atoms with E-state index in [0.29, 0.717) is 23.9 Å². The summed E-state index contributed by atoms with van der Waals surface area (Å²) in [7, 11) is -3.37. The monoisotopic (exact) mass is 316 g/mol. The van der Waals surface area contributed by atoms with Gasteiger partial charge in [0.25, 0.3) is 0 Å². The van der Waals surface area contributed by atoms with Gasteiger partial charge in [0.05, 0.1) is 4.90 Å². The third-order valence-electron chi connectivity index (χ3n) is 3.58. The Morgan fingerprint density at radius 2 is 2.00 bits per heavy atom. The fraction of sp³-hybridized carbons (Fsp3) is 0.571. The van der Waals surface area contributed by atoms with Gasteiger partial charge in [0.2, 0.25) is 10.0 Å². The van der Waals surface area contributed by atoms with E-state index in [-0.39, 0.29) is 0 Å². The van der Waals surface area contributed by atoms with E-state index in [2.05, 4.69) is 4.90 Å². The Morgan fingerprint density at radius 1 is 1.20 bits per heavy atom. The Morgan fingerprint density at radius 3 is 2.70 bits per heavy atom. The maximum atomic E-state index is 12.6. The van der Waals surface area contributed by atoms with E-state index in [9.17, 15) is 8.42 Å². The van der Waals surface area contributed by atoms with Crippen LogP contribution >= 0.6 is 11.6 Å². The SMILES string of the molecule is Cc1cccc(S(=O)(=O)N2CCCN(CCCl)CC2)c1. The first-order valence-corrected chi connectivity index (χ1v) is 8.86. The van der Waals surface area contributed by atoms with Crippen LogP contribution in [0.2, 0.25) is 0 Å². The van der Waals surface area contributed by atoms with E-state index in [4.69, 9.17) is 11.6 Å². The Kier molecular flexibility index (Phi) is 5.43. The quantitative estimate of drug-likeness (QED) is 0.797. The van der Waals surface area contributed by atoms with Crippen LogP contribution in [0.15, 0.2) is 29.2 Å². The summed E-state index contributed by atoms with van der Waals surface area (Å²) in [5.41, 5.74) is 0.963. The molecule has 0 atom stereocenters. The molecular weight excluding hydrogens is 296 g/mol. The van der Waals surface area contributed by atoms with Crippen LogP contribution in [-0.2, 0) is 10.0 Å². The average Bonchev–Trinajstić information content (AvgIpc) is 2.65. The number of alkyl halides is 1.